The fourth-order valence-corrected chi connectivity index (χ4v) is 1.71. The number of hydrogen-bond acceptors (Lipinski definition) is 3. The van der Waals surface area contributed by atoms with E-state index in [0.717, 1.165) is 18.6 Å². The lowest BCUT2D eigenvalue weighted by Gasteiger charge is -2.23. The van der Waals surface area contributed by atoms with Crippen molar-refractivity contribution in [1.29, 1.82) is 0 Å². The summed E-state index contributed by atoms with van der Waals surface area (Å²) in [6, 6.07) is 6.24. The van der Waals surface area contributed by atoms with E-state index in [1.807, 2.05) is 6.07 Å². The standard InChI is InChI=1S/C15H25NO2/c1-12-5-6-14(13(11-12)7-9-16)18-10-8-15(2,3)17-4/h5-6,11H,7-10,16H2,1-4H3. The molecule has 0 bridgehead atoms. The molecule has 0 radical (unpaired) electrons. The Labute approximate surface area is 110 Å². The molecule has 0 atom stereocenters. The largest absolute Gasteiger partial charge is 0.493 e. The Balaban J connectivity index is 2.61. The highest BCUT2D eigenvalue weighted by Gasteiger charge is 2.16. The minimum Gasteiger partial charge on any atom is -0.493 e. The fraction of sp³-hybridized carbons (Fsp3) is 0.600. The molecule has 3 nitrogen and oxygen atoms in total. The second-order valence-electron chi connectivity index (χ2n) is 5.21. The van der Waals surface area contributed by atoms with Crippen LogP contribution in [0.15, 0.2) is 18.2 Å². The van der Waals surface area contributed by atoms with Crippen molar-refractivity contribution in [2.24, 2.45) is 5.73 Å². The SMILES string of the molecule is COC(C)(C)CCOc1ccc(C)cc1CCN. The molecule has 1 aromatic rings. The first-order valence-corrected chi connectivity index (χ1v) is 6.46. The van der Waals surface area contributed by atoms with Gasteiger partial charge in [0.2, 0.25) is 0 Å². The van der Waals surface area contributed by atoms with Gasteiger partial charge in [-0.1, -0.05) is 17.7 Å². The number of rotatable bonds is 7. The summed E-state index contributed by atoms with van der Waals surface area (Å²) in [6.45, 7) is 7.50. The molecule has 0 saturated heterocycles. The Morgan fingerprint density at radius 1 is 1.28 bits per heavy atom. The van der Waals surface area contributed by atoms with Crippen molar-refractivity contribution in [3.05, 3.63) is 29.3 Å². The molecule has 0 aliphatic carbocycles. The predicted molar refractivity (Wildman–Crippen MR) is 75.1 cm³/mol. The number of methoxy groups -OCH3 is 1. The molecule has 0 unspecified atom stereocenters. The van der Waals surface area contributed by atoms with Gasteiger partial charge in [-0.15, -0.1) is 0 Å². The van der Waals surface area contributed by atoms with Crippen molar-refractivity contribution in [2.45, 2.75) is 39.2 Å². The van der Waals surface area contributed by atoms with Crippen molar-refractivity contribution < 1.29 is 9.47 Å². The Bertz CT molecular complexity index is 375. The molecule has 0 saturated carbocycles. The number of benzene rings is 1. The minimum atomic E-state index is -0.140. The third kappa shape index (κ3) is 4.67. The van der Waals surface area contributed by atoms with E-state index in [1.54, 1.807) is 7.11 Å². The maximum atomic E-state index is 5.85. The smallest absolute Gasteiger partial charge is 0.122 e. The molecule has 0 amide bonds. The van der Waals surface area contributed by atoms with Gasteiger partial charge in [0.05, 0.1) is 12.2 Å². The molecule has 2 N–H and O–H groups in total. The van der Waals surface area contributed by atoms with Crippen LogP contribution in [0.2, 0.25) is 0 Å². The summed E-state index contributed by atoms with van der Waals surface area (Å²) in [4.78, 5) is 0. The van der Waals surface area contributed by atoms with Crippen LogP contribution >= 0.6 is 0 Å². The van der Waals surface area contributed by atoms with Gasteiger partial charge in [0.1, 0.15) is 5.75 Å². The molecule has 1 rings (SSSR count). The molecule has 3 heteroatoms. The molecular weight excluding hydrogens is 226 g/mol. The van der Waals surface area contributed by atoms with Gasteiger partial charge >= 0.3 is 0 Å². The van der Waals surface area contributed by atoms with E-state index in [4.69, 9.17) is 15.2 Å². The lowest BCUT2D eigenvalue weighted by molar-refractivity contribution is 0.00538. The van der Waals surface area contributed by atoms with Crippen LogP contribution < -0.4 is 10.5 Å². The Morgan fingerprint density at radius 3 is 2.61 bits per heavy atom. The van der Waals surface area contributed by atoms with E-state index < -0.39 is 0 Å². The van der Waals surface area contributed by atoms with E-state index >= 15 is 0 Å². The lowest BCUT2D eigenvalue weighted by atomic mass is 10.1. The summed E-state index contributed by atoms with van der Waals surface area (Å²) < 4.78 is 11.2. The van der Waals surface area contributed by atoms with E-state index in [1.165, 1.54) is 11.1 Å². The van der Waals surface area contributed by atoms with Gasteiger partial charge in [0.25, 0.3) is 0 Å². The Morgan fingerprint density at radius 2 is 2.00 bits per heavy atom. The van der Waals surface area contributed by atoms with Crippen LogP contribution in [0.4, 0.5) is 0 Å². The van der Waals surface area contributed by atoms with Crippen LogP contribution in [-0.4, -0.2) is 25.9 Å². The normalized spacial score (nSPS) is 11.6. The highest BCUT2D eigenvalue weighted by atomic mass is 16.5. The number of nitrogens with two attached hydrogens (primary N) is 1. The number of ether oxygens (including phenoxy) is 2. The highest BCUT2D eigenvalue weighted by Crippen LogP contribution is 2.22. The van der Waals surface area contributed by atoms with Crippen LogP contribution in [0.25, 0.3) is 0 Å². The van der Waals surface area contributed by atoms with Crippen molar-refractivity contribution in [3.8, 4) is 5.75 Å². The van der Waals surface area contributed by atoms with Gasteiger partial charge in [0, 0.05) is 13.5 Å². The maximum absolute atomic E-state index is 5.85. The first-order valence-electron chi connectivity index (χ1n) is 6.46. The van der Waals surface area contributed by atoms with Crippen molar-refractivity contribution in [3.63, 3.8) is 0 Å². The van der Waals surface area contributed by atoms with E-state index in [9.17, 15) is 0 Å². The first-order chi connectivity index (χ1) is 8.48. The van der Waals surface area contributed by atoms with Crippen molar-refractivity contribution >= 4 is 0 Å². The summed E-state index contributed by atoms with van der Waals surface area (Å²) >= 11 is 0. The fourth-order valence-electron chi connectivity index (χ4n) is 1.71. The quantitative estimate of drug-likeness (QED) is 0.810. The molecule has 1 aromatic carbocycles. The van der Waals surface area contributed by atoms with Gasteiger partial charge < -0.3 is 15.2 Å². The summed E-state index contributed by atoms with van der Waals surface area (Å²) in [5, 5.41) is 0. The average Bonchev–Trinajstić information content (AvgIpc) is 2.32. The van der Waals surface area contributed by atoms with E-state index in [2.05, 4.69) is 32.9 Å². The second kappa shape index (κ2) is 6.76. The molecule has 0 spiro atoms. The van der Waals surface area contributed by atoms with Crippen molar-refractivity contribution in [2.75, 3.05) is 20.3 Å². The Kier molecular flexibility index (Phi) is 5.63. The van der Waals surface area contributed by atoms with Gasteiger partial charge in [-0.3, -0.25) is 0 Å². The third-order valence-corrected chi connectivity index (χ3v) is 3.14. The maximum Gasteiger partial charge on any atom is 0.122 e. The van der Waals surface area contributed by atoms with Gasteiger partial charge in [0.15, 0.2) is 0 Å². The summed E-state index contributed by atoms with van der Waals surface area (Å²) in [6.07, 6.45) is 1.71. The molecular formula is C15H25NO2. The number of hydrogen-bond donors (Lipinski definition) is 1. The monoisotopic (exact) mass is 251 g/mol. The van der Waals surface area contributed by atoms with Crippen molar-refractivity contribution in [1.82, 2.24) is 0 Å². The molecule has 0 fully saturated rings. The lowest BCUT2D eigenvalue weighted by Crippen LogP contribution is -2.25. The summed E-state index contributed by atoms with van der Waals surface area (Å²) in [7, 11) is 1.73. The zero-order chi connectivity index (χ0) is 13.6. The van der Waals surface area contributed by atoms with Crippen LogP contribution in [0.3, 0.4) is 0 Å². The van der Waals surface area contributed by atoms with Gasteiger partial charge in [-0.2, -0.15) is 0 Å². The summed E-state index contributed by atoms with van der Waals surface area (Å²) in [5.41, 5.74) is 7.91. The zero-order valence-corrected chi connectivity index (χ0v) is 12.0. The molecule has 0 aliphatic heterocycles. The zero-order valence-electron chi connectivity index (χ0n) is 12.0. The topological polar surface area (TPSA) is 44.5 Å². The van der Waals surface area contributed by atoms with Gasteiger partial charge in [-0.05, 0) is 45.4 Å². The predicted octanol–water partition coefficient (Wildman–Crippen LogP) is 2.69. The minimum absolute atomic E-state index is 0.140. The molecule has 18 heavy (non-hydrogen) atoms. The van der Waals surface area contributed by atoms with Crippen LogP contribution in [0, 0.1) is 6.92 Å². The Hall–Kier alpha value is -1.06. The van der Waals surface area contributed by atoms with E-state index in [0.29, 0.717) is 13.2 Å². The first kappa shape index (κ1) is 15.0. The highest BCUT2D eigenvalue weighted by molar-refractivity contribution is 5.37. The van der Waals surface area contributed by atoms with Crippen LogP contribution in [0.1, 0.15) is 31.4 Å². The van der Waals surface area contributed by atoms with Crippen LogP contribution in [-0.2, 0) is 11.2 Å². The van der Waals surface area contributed by atoms with Crippen LogP contribution in [0.5, 0.6) is 5.75 Å². The molecule has 0 heterocycles. The van der Waals surface area contributed by atoms with Gasteiger partial charge in [-0.25, -0.2) is 0 Å². The van der Waals surface area contributed by atoms with E-state index in [-0.39, 0.29) is 5.60 Å². The summed E-state index contributed by atoms with van der Waals surface area (Å²) in [5.74, 6) is 0.943. The third-order valence-electron chi connectivity index (χ3n) is 3.14. The molecule has 102 valence electrons. The molecule has 0 aliphatic rings. The second-order valence-corrected chi connectivity index (χ2v) is 5.21. The average molecular weight is 251 g/mol. The molecule has 0 aromatic heterocycles. The number of aryl methyl sites for hydroxylation is 1.